The molecule has 0 atom stereocenters. The molecule has 10 heavy (non-hydrogen) atoms. The molecule has 62 valence electrons. The molecule has 1 aliphatic rings. The van der Waals surface area contributed by atoms with Gasteiger partial charge in [0.15, 0.2) is 0 Å². The van der Waals surface area contributed by atoms with Gasteiger partial charge in [-0.15, -0.1) is 30.9 Å². The summed E-state index contributed by atoms with van der Waals surface area (Å²) in [7, 11) is 0. The molecule has 0 spiro atoms. The van der Waals surface area contributed by atoms with Crippen LogP contribution in [0.5, 0.6) is 0 Å². The van der Waals surface area contributed by atoms with Crippen molar-refractivity contribution in [3.05, 3.63) is 5.73 Å². The quantitative estimate of drug-likeness (QED) is 0.600. The Bertz CT molecular complexity index is 57.7. The third-order valence-corrected chi connectivity index (χ3v) is 1.61. The van der Waals surface area contributed by atoms with Gasteiger partial charge in [0.1, 0.15) is 0 Å². The van der Waals surface area contributed by atoms with Crippen LogP contribution in [0.3, 0.4) is 0 Å². The van der Waals surface area contributed by atoms with Crippen molar-refractivity contribution in [1.29, 1.82) is 0 Å². The maximum atomic E-state index is 7.27. The van der Waals surface area contributed by atoms with Crippen LogP contribution in [0.2, 0.25) is 0 Å². The summed E-state index contributed by atoms with van der Waals surface area (Å²) in [6.07, 6.45) is 6.28. The Hall–Kier alpha value is 1.41. The molecule has 0 aromatic rings. The van der Waals surface area contributed by atoms with Gasteiger partial charge in [-0.25, -0.2) is 0 Å². The fourth-order valence-corrected chi connectivity index (χ4v) is 1.10. The van der Waals surface area contributed by atoms with Crippen LogP contribution in [0.15, 0.2) is 0 Å². The summed E-state index contributed by atoms with van der Waals surface area (Å²) >= 11 is 0. The number of rotatable bonds is 0. The first-order chi connectivity index (χ1) is 3.39. The van der Waals surface area contributed by atoms with E-state index in [2.05, 4.69) is 0 Å². The van der Waals surface area contributed by atoms with E-state index in [4.69, 9.17) is 5.73 Å². The van der Waals surface area contributed by atoms with Crippen LogP contribution >= 0.6 is 24.8 Å². The van der Waals surface area contributed by atoms with Crippen molar-refractivity contribution in [3.63, 3.8) is 0 Å². The van der Waals surface area contributed by atoms with Crippen molar-refractivity contribution < 1.29 is 25.8 Å². The van der Waals surface area contributed by atoms with Gasteiger partial charge >= 0.3 is 0 Å². The zero-order valence-corrected chi connectivity index (χ0v) is 11.2. The SMILES string of the molecule is Cl.Cl.[Hf].[NH-]C1CCCCC1. The molecule has 1 nitrogen and oxygen atoms in total. The molecule has 0 saturated heterocycles. The summed E-state index contributed by atoms with van der Waals surface area (Å²) in [5.74, 6) is 0. The van der Waals surface area contributed by atoms with Gasteiger partial charge < -0.3 is 5.73 Å². The van der Waals surface area contributed by atoms with E-state index < -0.39 is 0 Å². The molecule has 1 fully saturated rings. The molecule has 0 heterocycles. The largest absolute Gasteiger partial charge is 0.675 e. The molecule has 4 heteroatoms. The molecule has 1 N–H and O–H groups in total. The standard InChI is InChI=1S/C6H12N.2ClH.Hf/c7-6-4-2-1-3-5-6;;;/h6-7H,1-5H2;2*1H;/q-1;;;. The van der Waals surface area contributed by atoms with Crippen molar-refractivity contribution >= 4 is 24.8 Å². The number of nitrogens with one attached hydrogen (secondary N) is 1. The minimum absolute atomic E-state index is 0. The van der Waals surface area contributed by atoms with E-state index in [-0.39, 0.29) is 56.7 Å². The fraction of sp³-hybridized carbons (Fsp3) is 1.00. The van der Waals surface area contributed by atoms with Crippen molar-refractivity contribution in [2.24, 2.45) is 0 Å². The molecule has 1 rings (SSSR count). The van der Waals surface area contributed by atoms with Crippen LogP contribution in [-0.2, 0) is 25.8 Å². The van der Waals surface area contributed by atoms with Gasteiger partial charge in [-0.05, 0) is 0 Å². The molecule has 1 saturated carbocycles. The Morgan fingerprint density at radius 2 is 1.30 bits per heavy atom. The maximum Gasteiger partial charge on any atom is 0 e. The Morgan fingerprint density at radius 1 is 0.900 bits per heavy atom. The first-order valence-electron chi connectivity index (χ1n) is 3.11. The van der Waals surface area contributed by atoms with E-state index in [1.807, 2.05) is 0 Å². The Kier molecular flexibility index (Phi) is 18.2. The molecule has 0 aliphatic heterocycles. The van der Waals surface area contributed by atoms with E-state index in [0.29, 0.717) is 0 Å². The second-order valence-electron chi connectivity index (χ2n) is 2.33. The number of hydrogen-bond acceptors (Lipinski definition) is 0. The van der Waals surface area contributed by atoms with Crippen LogP contribution in [0.1, 0.15) is 32.1 Å². The summed E-state index contributed by atoms with van der Waals surface area (Å²) in [5, 5.41) is 0. The van der Waals surface area contributed by atoms with Gasteiger partial charge in [0.2, 0.25) is 0 Å². The molecule has 1 aliphatic carbocycles. The monoisotopic (exact) mass is 350 g/mol. The molecule has 0 aromatic heterocycles. The molecule has 0 unspecified atom stereocenters. The van der Waals surface area contributed by atoms with Crippen LogP contribution in [-0.4, -0.2) is 6.04 Å². The molecular formula is C6H14Cl2HfN-. The van der Waals surface area contributed by atoms with Crippen molar-refractivity contribution in [3.8, 4) is 0 Å². The van der Waals surface area contributed by atoms with Gasteiger partial charge in [0, 0.05) is 25.8 Å². The average molecular weight is 350 g/mol. The third kappa shape index (κ3) is 7.52. The normalized spacial score (nSPS) is 17.7. The van der Waals surface area contributed by atoms with Crippen molar-refractivity contribution in [2.75, 3.05) is 0 Å². The minimum Gasteiger partial charge on any atom is -0.675 e. The summed E-state index contributed by atoms with van der Waals surface area (Å²) in [5.41, 5.74) is 7.27. The first-order valence-corrected chi connectivity index (χ1v) is 3.11. The molecule has 0 bridgehead atoms. The third-order valence-electron chi connectivity index (χ3n) is 1.61. The maximum absolute atomic E-state index is 7.27. The Labute approximate surface area is 94.1 Å². The van der Waals surface area contributed by atoms with Gasteiger partial charge in [-0.1, -0.05) is 32.1 Å². The predicted octanol–water partition coefficient (Wildman–Crippen LogP) is 3.21. The summed E-state index contributed by atoms with van der Waals surface area (Å²) in [6, 6.07) is 0.286. The second-order valence-corrected chi connectivity index (χ2v) is 2.33. The number of hydrogen-bond donors (Lipinski definition) is 0. The van der Waals surface area contributed by atoms with Crippen LogP contribution in [0, 0.1) is 0 Å². The van der Waals surface area contributed by atoms with Crippen LogP contribution in [0.4, 0.5) is 0 Å². The smallest absolute Gasteiger partial charge is 0 e. The minimum atomic E-state index is 0. The van der Waals surface area contributed by atoms with E-state index in [1.165, 1.54) is 19.3 Å². The van der Waals surface area contributed by atoms with Gasteiger partial charge in [-0.3, -0.25) is 0 Å². The van der Waals surface area contributed by atoms with E-state index in [0.717, 1.165) is 12.8 Å². The Morgan fingerprint density at radius 3 is 1.50 bits per heavy atom. The molecular weight excluding hydrogens is 335 g/mol. The predicted molar refractivity (Wildman–Crippen MR) is 45.7 cm³/mol. The van der Waals surface area contributed by atoms with Gasteiger partial charge in [0.05, 0.1) is 0 Å². The fourth-order valence-electron chi connectivity index (χ4n) is 1.10. The van der Waals surface area contributed by atoms with Gasteiger partial charge in [-0.2, -0.15) is 0 Å². The van der Waals surface area contributed by atoms with E-state index in [1.54, 1.807) is 0 Å². The zero-order chi connectivity index (χ0) is 5.11. The zero-order valence-electron chi connectivity index (χ0n) is 5.93. The van der Waals surface area contributed by atoms with Crippen LogP contribution in [0.25, 0.3) is 5.73 Å². The van der Waals surface area contributed by atoms with Crippen LogP contribution < -0.4 is 0 Å². The summed E-state index contributed by atoms with van der Waals surface area (Å²) in [4.78, 5) is 0. The second kappa shape index (κ2) is 10.4. The summed E-state index contributed by atoms with van der Waals surface area (Å²) < 4.78 is 0. The number of halogens is 2. The first kappa shape index (κ1) is 17.5. The van der Waals surface area contributed by atoms with Crippen molar-refractivity contribution in [2.45, 2.75) is 38.1 Å². The molecule has 0 aromatic carbocycles. The summed E-state index contributed by atoms with van der Waals surface area (Å²) in [6.45, 7) is 0. The van der Waals surface area contributed by atoms with E-state index >= 15 is 0 Å². The topological polar surface area (TPSA) is 23.8 Å². The molecule has 0 amide bonds. The van der Waals surface area contributed by atoms with Crippen molar-refractivity contribution in [1.82, 2.24) is 0 Å². The van der Waals surface area contributed by atoms with Gasteiger partial charge in [0.25, 0.3) is 0 Å². The average Bonchev–Trinajstić information content (AvgIpc) is 1.69. The molecule has 0 radical (unpaired) electrons. The van der Waals surface area contributed by atoms with E-state index in [9.17, 15) is 0 Å². The Balaban J connectivity index is -0.000000163.